The fraction of sp³-hybridized carbons (Fsp3) is 0.394. The molecule has 12 heteroatoms. The third kappa shape index (κ3) is 7.58. The minimum absolute atomic E-state index is 0.0186. The summed E-state index contributed by atoms with van der Waals surface area (Å²) in [6.07, 6.45) is 1.53. The Morgan fingerprint density at radius 2 is 1.60 bits per heavy atom. The maximum absolute atomic E-state index is 12.8. The van der Waals surface area contributed by atoms with Crippen LogP contribution in [0.3, 0.4) is 0 Å². The Hall–Kier alpha value is -2.89. The van der Waals surface area contributed by atoms with Crippen LogP contribution >= 0.6 is 34.8 Å². The van der Waals surface area contributed by atoms with Gasteiger partial charge in [-0.1, -0.05) is 95.5 Å². The summed E-state index contributed by atoms with van der Waals surface area (Å²) < 4.78 is 12.9. The molecule has 0 aliphatic carbocycles. The molecule has 1 aromatic heterocycles. The maximum Gasteiger partial charge on any atom is 0.326 e. The number of H-pyrrole nitrogens is 1. The molecule has 2 saturated heterocycles. The molecule has 238 valence electrons. The van der Waals surface area contributed by atoms with Crippen molar-refractivity contribution in [2.24, 2.45) is 0 Å². The first kappa shape index (κ1) is 32.1. The van der Waals surface area contributed by atoms with Gasteiger partial charge in [0.05, 0.1) is 29.8 Å². The Bertz CT molecular complexity index is 1660. The predicted octanol–water partition coefficient (Wildman–Crippen LogP) is 5.69. The van der Waals surface area contributed by atoms with E-state index in [1.807, 2.05) is 77.4 Å². The molecule has 6 rings (SSSR count). The van der Waals surface area contributed by atoms with E-state index in [4.69, 9.17) is 44.3 Å². The van der Waals surface area contributed by atoms with Crippen LogP contribution < -0.4 is 11.0 Å². The number of fused-ring (bicyclic) bond motifs is 1. The van der Waals surface area contributed by atoms with Gasteiger partial charge in [-0.25, -0.2) is 4.79 Å². The van der Waals surface area contributed by atoms with Gasteiger partial charge in [-0.05, 0) is 41.7 Å². The number of halogens is 3. The molecular weight excluding hydrogens is 639 g/mol. The zero-order valence-corrected chi connectivity index (χ0v) is 26.8. The van der Waals surface area contributed by atoms with Gasteiger partial charge < -0.3 is 29.8 Å². The number of ether oxygens (including phenoxy) is 2. The van der Waals surface area contributed by atoms with Crippen LogP contribution in [0.5, 0.6) is 0 Å². The second-order valence-corrected chi connectivity index (χ2v) is 13.9. The molecule has 0 bridgehead atoms. The van der Waals surface area contributed by atoms with Crippen LogP contribution in [-0.4, -0.2) is 55.0 Å². The van der Waals surface area contributed by atoms with Gasteiger partial charge in [0.1, 0.15) is 0 Å². The molecule has 2 aliphatic heterocycles. The summed E-state index contributed by atoms with van der Waals surface area (Å²) in [5, 5.41) is 12.1. The number of aromatic amines is 1. The average molecular weight is 674 g/mol. The lowest BCUT2D eigenvalue weighted by Gasteiger charge is -2.40. The number of amides is 1. The van der Waals surface area contributed by atoms with Crippen LogP contribution in [0.4, 0.5) is 0 Å². The first-order chi connectivity index (χ1) is 21.7. The van der Waals surface area contributed by atoms with Crippen molar-refractivity contribution in [3.05, 3.63) is 106 Å². The largest absolute Gasteiger partial charge is 0.392 e. The summed E-state index contributed by atoms with van der Waals surface area (Å²) in [4.78, 5) is 30.1. The van der Waals surface area contributed by atoms with Gasteiger partial charge in [0.15, 0.2) is 6.29 Å². The highest BCUT2D eigenvalue weighted by Gasteiger charge is 2.34. The highest BCUT2D eigenvalue weighted by molar-refractivity contribution is 6.76. The zero-order chi connectivity index (χ0) is 31.6. The number of benzene rings is 3. The fourth-order valence-electron chi connectivity index (χ4n) is 6.19. The van der Waals surface area contributed by atoms with E-state index in [1.165, 1.54) is 0 Å². The quantitative estimate of drug-likeness (QED) is 0.208. The summed E-state index contributed by atoms with van der Waals surface area (Å²) in [7, 11) is 0. The van der Waals surface area contributed by atoms with Gasteiger partial charge in [-0.15, -0.1) is 0 Å². The summed E-state index contributed by atoms with van der Waals surface area (Å²) in [6, 6.07) is 23.4. The number of nitrogens with one attached hydrogen (secondary N) is 2. The lowest BCUT2D eigenvalue weighted by molar-refractivity contribution is -0.253. The predicted molar refractivity (Wildman–Crippen MR) is 174 cm³/mol. The van der Waals surface area contributed by atoms with E-state index in [2.05, 4.69) is 15.2 Å². The van der Waals surface area contributed by atoms with Gasteiger partial charge in [0, 0.05) is 44.2 Å². The van der Waals surface area contributed by atoms with E-state index < -0.39 is 16.0 Å². The van der Waals surface area contributed by atoms with Crippen molar-refractivity contribution < 1.29 is 19.4 Å². The van der Waals surface area contributed by atoms with Gasteiger partial charge >= 0.3 is 5.69 Å². The molecule has 3 heterocycles. The number of aliphatic hydroxyl groups is 1. The molecule has 45 heavy (non-hydrogen) atoms. The Morgan fingerprint density at radius 1 is 0.933 bits per heavy atom. The van der Waals surface area contributed by atoms with Crippen LogP contribution in [0, 0.1) is 0 Å². The van der Waals surface area contributed by atoms with Crippen LogP contribution in [0.1, 0.15) is 60.0 Å². The number of hydrogen-bond acceptors (Lipinski definition) is 6. The Balaban J connectivity index is 1.13. The molecule has 9 nitrogen and oxygen atoms in total. The Kier molecular flexibility index (Phi) is 9.87. The number of piperidine rings is 1. The average Bonchev–Trinajstić information content (AvgIpc) is 3.39. The number of hydrogen-bond donors (Lipinski definition) is 3. The number of carbonyl (C=O) groups is 1. The van der Waals surface area contributed by atoms with Crippen molar-refractivity contribution in [1.29, 1.82) is 0 Å². The van der Waals surface area contributed by atoms with Crippen LogP contribution in [-0.2, 0) is 27.4 Å². The number of imidazole rings is 1. The minimum Gasteiger partial charge on any atom is -0.392 e. The highest BCUT2D eigenvalue weighted by atomic mass is 35.6. The SMILES string of the molecule is O=C(NCc1ccc([C@@H]2O[C@H](CN3CCC(n4c(=O)[nH]c5ccccc54)CC3)C[C@H](c3ccc(CO)cc3)O2)cc1)C(Cl)(Cl)Cl. The van der Waals surface area contributed by atoms with E-state index in [9.17, 15) is 14.7 Å². The number of carbonyl (C=O) groups excluding carboxylic acids is 1. The topological polar surface area (TPSA) is 109 Å². The van der Waals surface area contributed by atoms with Crippen LogP contribution in [0.25, 0.3) is 11.0 Å². The first-order valence-electron chi connectivity index (χ1n) is 15.0. The molecule has 0 spiro atoms. The van der Waals surface area contributed by atoms with Gasteiger partial charge in [0.25, 0.3) is 9.70 Å². The smallest absolute Gasteiger partial charge is 0.326 e. The first-order valence-corrected chi connectivity index (χ1v) is 16.2. The molecule has 2 aliphatic rings. The second-order valence-electron chi connectivity index (χ2n) is 11.6. The zero-order valence-electron chi connectivity index (χ0n) is 24.5. The monoisotopic (exact) mass is 672 g/mol. The molecular formula is C33H35Cl3N4O5. The van der Waals surface area contributed by atoms with Gasteiger partial charge in [-0.2, -0.15) is 0 Å². The number of para-hydroxylation sites is 2. The maximum atomic E-state index is 12.8. The van der Waals surface area contributed by atoms with Crippen molar-refractivity contribution in [2.75, 3.05) is 19.6 Å². The number of nitrogens with zero attached hydrogens (tertiary/aromatic N) is 2. The third-order valence-corrected chi connectivity index (χ3v) is 9.10. The normalized spacial score (nSPS) is 21.6. The molecule has 3 aromatic carbocycles. The molecule has 2 fully saturated rings. The number of alkyl halides is 3. The van der Waals surface area contributed by atoms with Crippen LogP contribution in [0.15, 0.2) is 77.6 Å². The number of likely N-dealkylation sites (tertiary alicyclic amines) is 1. The van der Waals surface area contributed by atoms with Crippen molar-refractivity contribution >= 4 is 51.7 Å². The minimum atomic E-state index is -2.02. The third-order valence-electron chi connectivity index (χ3n) is 8.59. The summed E-state index contributed by atoms with van der Waals surface area (Å²) in [6.45, 7) is 2.64. The van der Waals surface area contributed by atoms with Gasteiger partial charge in [-0.3, -0.25) is 9.36 Å². The number of aliphatic hydroxyl groups excluding tert-OH is 1. The highest BCUT2D eigenvalue weighted by Crippen LogP contribution is 2.39. The van der Waals surface area contributed by atoms with E-state index in [1.54, 1.807) is 0 Å². The van der Waals surface area contributed by atoms with Crippen molar-refractivity contribution in [1.82, 2.24) is 19.8 Å². The lowest BCUT2D eigenvalue weighted by Crippen LogP contribution is -2.43. The Labute approximate surface area is 276 Å². The molecule has 0 unspecified atom stereocenters. The summed E-state index contributed by atoms with van der Waals surface area (Å²) >= 11 is 17.0. The standard InChI is InChI=1S/C33H35Cl3N4O5/c34-33(35,36)31(42)37-18-21-5-11-24(12-6-21)30-44-26(17-29(45-30)23-9-7-22(20-41)8-10-23)19-39-15-13-25(14-16-39)40-28-4-2-1-3-27(28)38-32(40)43/h1-12,25-26,29-30,41H,13-20H2,(H,37,42)(H,38,43)/t26-,29+,30+/m0/s1. The van der Waals surface area contributed by atoms with Crippen molar-refractivity contribution in [3.8, 4) is 0 Å². The van der Waals surface area contributed by atoms with Gasteiger partial charge in [0.2, 0.25) is 0 Å². The van der Waals surface area contributed by atoms with E-state index in [-0.39, 0.29) is 37.1 Å². The summed E-state index contributed by atoms with van der Waals surface area (Å²) in [5.74, 6) is -0.689. The number of rotatable bonds is 8. The van der Waals surface area contributed by atoms with Crippen LogP contribution in [0.2, 0.25) is 0 Å². The Morgan fingerprint density at radius 3 is 2.29 bits per heavy atom. The number of aromatic nitrogens is 2. The summed E-state index contributed by atoms with van der Waals surface area (Å²) in [5.41, 5.74) is 5.31. The molecule has 3 atom stereocenters. The van der Waals surface area contributed by atoms with Crippen molar-refractivity contribution in [3.63, 3.8) is 0 Å². The van der Waals surface area contributed by atoms with E-state index in [0.717, 1.165) is 65.8 Å². The van der Waals surface area contributed by atoms with Crippen molar-refractivity contribution in [2.45, 2.75) is 60.7 Å². The molecule has 3 N–H and O–H groups in total. The second kappa shape index (κ2) is 13.8. The van der Waals surface area contributed by atoms with E-state index in [0.29, 0.717) is 6.42 Å². The fourth-order valence-corrected chi connectivity index (χ4v) is 6.39. The molecule has 0 radical (unpaired) electrons. The molecule has 4 aromatic rings. The van der Waals surface area contributed by atoms with E-state index >= 15 is 0 Å². The molecule has 1 amide bonds. The lowest BCUT2D eigenvalue weighted by atomic mass is 9.98. The molecule has 0 saturated carbocycles.